The van der Waals surface area contributed by atoms with Crippen molar-refractivity contribution >= 4 is 17.4 Å². The van der Waals surface area contributed by atoms with E-state index in [2.05, 4.69) is 29.4 Å². The fourth-order valence-corrected chi connectivity index (χ4v) is 6.81. The van der Waals surface area contributed by atoms with Crippen molar-refractivity contribution in [1.82, 2.24) is 10.3 Å². The summed E-state index contributed by atoms with van der Waals surface area (Å²) >= 11 is 0. The van der Waals surface area contributed by atoms with Gasteiger partial charge in [0.05, 0.1) is 6.61 Å². The zero-order valence-corrected chi connectivity index (χ0v) is 23.4. The van der Waals surface area contributed by atoms with Gasteiger partial charge in [-0.3, -0.25) is 14.6 Å². The molecule has 41 heavy (non-hydrogen) atoms. The number of aromatic nitrogens is 1. The number of benzene rings is 3. The normalized spacial score (nSPS) is 18.6. The van der Waals surface area contributed by atoms with E-state index in [9.17, 15) is 9.59 Å². The molecule has 4 heterocycles. The van der Waals surface area contributed by atoms with Crippen LogP contribution in [0, 0.1) is 6.92 Å². The summed E-state index contributed by atoms with van der Waals surface area (Å²) in [7, 11) is 0. The van der Waals surface area contributed by atoms with Crippen molar-refractivity contribution < 1.29 is 14.3 Å². The maximum Gasteiger partial charge on any atom is 0.258 e. The van der Waals surface area contributed by atoms with Crippen molar-refractivity contribution in [3.8, 4) is 16.9 Å². The summed E-state index contributed by atoms with van der Waals surface area (Å²) in [5, 5.41) is 3.47. The number of anilines is 1. The average molecular weight is 544 g/mol. The van der Waals surface area contributed by atoms with Gasteiger partial charge < -0.3 is 15.0 Å². The molecule has 1 amide bonds. The highest BCUT2D eigenvalue weighted by Crippen LogP contribution is 2.49. The Morgan fingerprint density at radius 3 is 2.49 bits per heavy atom. The van der Waals surface area contributed by atoms with Crippen molar-refractivity contribution in [2.45, 2.75) is 44.6 Å². The Balaban J connectivity index is 1.14. The van der Waals surface area contributed by atoms with Crippen molar-refractivity contribution in [2.24, 2.45) is 0 Å². The van der Waals surface area contributed by atoms with Gasteiger partial charge in [-0.05, 0) is 111 Å². The lowest BCUT2D eigenvalue weighted by molar-refractivity contribution is 0.0980. The molecule has 206 valence electrons. The maximum absolute atomic E-state index is 13.9. The minimum atomic E-state index is -0.0931. The molecule has 0 saturated carbocycles. The van der Waals surface area contributed by atoms with Gasteiger partial charge in [-0.15, -0.1) is 0 Å². The first kappa shape index (κ1) is 25.7. The highest BCUT2D eigenvalue weighted by molar-refractivity contribution is 6.09. The molecule has 1 spiro atoms. The van der Waals surface area contributed by atoms with Gasteiger partial charge in [0.15, 0.2) is 0 Å². The molecule has 1 N–H and O–H groups in total. The van der Waals surface area contributed by atoms with Crippen LogP contribution >= 0.6 is 0 Å². The molecule has 6 nitrogen and oxygen atoms in total. The number of rotatable bonds is 4. The quantitative estimate of drug-likeness (QED) is 0.325. The van der Waals surface area contributed by atoms with E-state index < -0.39 is 0 Å². The molecule has 0 radical (unpaired) electrons. The number of hydrogen-bond acceptors (Lipinski definition) is 5. The molecular weight excluding hydrogens is 510 g/mol. The van der Waals surface area contributed by atoms with Crippen LogP contribution < -0.4 is 15.0 Å². The SMILES string of the molecule is Cc1cc(C(=O)c2ccccn2)ccc1-c1ccc(C(=O)N2c3cc4c(cc3C[C@H]2C)OCC42CCNCC2)cc1. The van der Waals surface area contributed by atoms with Gasteiger partial charge in [0.1, 0.15) is 11.4 Å². The number of carbonyl (C=O) groups is 2. The van der Waals surface area contributed by atoms with Gasteiger partial charge in [-0.1, -0.05) is 30.3 Å². The molecule has 0 unspecified atom stereocenters. The number of pyridine rings is 1. The van der Waals surface area contributed by atoms with Crippen LogP contribution in [0.4, 0.5) is 5.69 Å². The van der Waals surface area contributed by atoms with E-state index in [0.29, 0.717) is 16.8 Å². The lowest BCUT2D eigenvalue weighted by Crippen LogP contribution is -2.41. The number of nitrogens with zero attached hydrogens (tertiary/aromatic N) is 2. The molecule has 7 rings (SSSR count). The predicted octanol–water partition coefficient (Wildman–Crippen LogP) is 5.89. The second kappa shape index (κ2) is 9.96. The summed E-state index contributed by atoms with van der Waals surface area (Å²) in [6.45, 7) is 6.84. The van der Waals surface area contributed by atoms with Gasteiger partial charge >= 0.3 is 0 Å². The second-order valence-corrected chi connectivity index (χ2v) is 11.7. The van der Waals surface area contributed by atoms with E-state index in [1.165, 1.54) is 11.1 Å². The van der Waals surface area contributed by atoms with E-state index in [1.807, 2.05) is 60.4 Å². The molecule has 4 aromatic rings. The smallest absolute Gasteiger partial charge is 0.258 e. The molecular formula is C35H33N3O3. The summed E-state index contributed by atoms with van der Waals surface area (Å²) in [4.78, 5) is 32.9. The van der Waals surface area contributed by atoms with Crippen LogP contribution in [0.1, 0.15) is 62.9 Å². The Hall–Kier alpha value is -4.29. The van der Waals surface area contributed by atoms with Crippen LogP contribution in [0.5, 0.6) is 5.75 Å². The number of nitrogens with one attached hydrogen (secondary N) is 1. The Kier molecular flexibility index (Phi) is 6.24. The van der Waals surface area contributed by atoms with E-state index in [-0.39, 0.29) is 23.1 Å². The minimum Gasteiger partial charge on any atom is -0.492 e. The van der Waals surface area contributed by atoms with Gasteiger partial charge in [0, 0.05) is 40.0 Å². The largest absolute Gasteiger partial charge is 0.492 e. The number of amides is 1. The number of ketones is 1. The van der Waals surface area contributed by atoms with E-state index in [0.717, 1.165) is 67.1 Å². The van der Waals surface area contributed by atoms with Crippen LogP contribution in [-0.4, -0.2) is 42.4 Å². The number of hydrogen-bond donors (Lipinski definition) is 1. The third-order valence-electron chi connectivity index (χ3n) is 9.08. The molecule has 3 aromatic carbocycles. The molecule has 1 fully saturated rings. The van der Waals surface area contributed by atoms with Crippen molar-refractivity contribution in [1.29, 1.82) is 0 Å². The standard InChI is InChI=1S/C35H33N3O3/c1-22-17-26(33(39)30-5-3-4-14-37-30)10-11-28(22)24-6-8-25(9-7-24)34(40)38-23(2)18-27-19-32-29(20-31(27)38)35(21-41-32)12-15-36-16-13-35/h3-11,14,17,19-20,23,36H,12-13,15-16,18,21H2,1-2H3/t23-/m1/s1. The maximum atomic E-state index is 13.9. The number of fused-ring (bicyclic) bond motifs is 3. The first-order valence-electron chi connectivity index (χ1n) is 14.4. The fraction of sp³-hybridized carbons (Fsp3) is 0.286. The van der Waals surface area contributed by atoms with Crippen LogP contribution in [-0.2, 0) is 11.8 Å². The van der Waals surface area contributed by atoms with Crippen molar-refractivity contribution in [2.75, 3.05) is 24.6 Å². The van der Waals surface area contributed by atoms with E-state index in [1.54, 1.807) is 18.3 Å². The molecule has 0 aliphatic carbocycles. The zero-order valence-electron chi connectivity index (χ0n) is 23.4. The summed E-state index contributed by atoms with van der Waals surface area (Å²) < 4.78 is 6.19. The number of carbonyl (C=O) groups excluding carboxylic acids is 2. The lowest BCUT2D eigenvalue weighted by atomic mass is 9.74. The van der Waals surface area contributed by atoms with Crippen LogP contribution in [0.25, 0.3) is 11.1 Å². The highest BCUT2D eigenvalue weighted by atomic mass is 16.5. The first-order valence-corrected chi connectivity index (χ1v) is 14.4. The molecule has 1 atom stereocenters. The van der Waals surface area contributed by atoms with Gasteiger partial charge in [0.2, 0.25) is 5.78 Å². The third-order valence-corrected chi connectivity index (χ3v) is 9.08. The predicted molar refractivity (Wildman–Crippen MR) is 160 cm³/mol. The van der Waals surface area contributed by atoms with Crippen molar-refractivity contribution in [3.05, 3.63) is 113 Å². The Labute approximate surface area is 240 Å². The fourth-order valence-electron chi connectivity index (χ4n) is 6.81. The summed E-state index contributed by atoms with van der Waals surface area (Å²) in [6, 6.07) is 23.4. The summed E-state index contributed by atoms with van der Waals surface area (Å²) in [5.74, 6) is 0.929. The number of piperidine rings is 1. The third kappa shape index (κ3) is 4.34. The Bertz CT molecular complexity index is 1660. The average Bonchev–Trinajstić information content (AvgIpc) is 3.51. The van der Waals surface area contributed by atoms with Crippen molar-refractivity contribution in [3.63, 3.8) is 0 Å². The minimum absolute atomic E-state index is 0.0223. The van der Waals surface area contributed by atoms with Gasteiger partial charge in [-0.25, -0.2) is 0 Å². The summed E-state index contributed by atoms with van der Waals surface area (Å²) in [6.07, 6.45) is 4.57. The second-order valence-electron chi connectivity index (χ2n) is 11.7. The monoisotopic (exact) mass is 543 g/mol. The van der Waals surface area contributed by atoms with Gasteiger partial charge in [0.25, 0.3) is 5.91 Å². The van der Waals surface area contributed by atoms with Crippen LogP contribution in [0.2, 0.25) is 0 Å². The van der Waals surface area contributed by atoms with E-state index >= 15 is 0 Å². The number of ether oxygens (including phenoxy) is 1. The van der Waals surface area contributed by atoms with Gasteiger partial charge in [-0.2, -0.15) is 0 Å². The first-order chi connectivity index (χ1) is 19.9. The topological polar surface area (TPSA) is 71.5 Å². The lowest BCUT2D eigenvalue weighted by Gasteiger charge is -2.33. The molecule has 3 aliphatic rings. The molecule has 1 aromatic heterocycles. The molecule has 6 heteroatoms. The van der Waals surface area contributed by atoms with E-state index in [4.69, 9.17) is 4.74 Å². The Morgan fingerprint density at radius 2 is 1.76 bits per heavy atom. The number of aryl methyl sites for hydroxylation is 1. The summed E-state index contributed by atoms with van der Waals surface area (Å²) in [5.41, 5.74) is 8.27. The molecule has 1 saturated heterocycles. The molecule has 3 aliphatic heterocycles. The van der Waals surface area contributed by atoms with Crippen LogP contribution in [0.3, 0.4) is 0 Å². The van der Waals surface area contributed by atoms with Crippen LogP contribution in [0.15, 0.2) is 79.0 Å². The highest BCUT2D eigenvalue weighted by Gasteiger charge is 2.44. The zero-order chi connectivity index (χ0) is 28.1. The Morgan fingerprint density at radius 1 is 0.976 bits per heavy atom. The molecule has 0 bridgehead atoms.